The van der Waals surface area contributed by atoms with E-state index in [-0.39, 0.29) is 0 Å². The van der Waals surface area contributed by atoms with Crippen LogP contribution in [-0.2, 0) is 0 Å². The topological polar surface area (TPSA) is 25.8 Å². The van der Waals surface area contributed by atoms with Crippen LogP contribution in [0, 0.1) is 6.92 Å². The first-order valence-electron chi connectivity index (χ1n) is 4.46. The van der Waals surface area contributed by atoms with Crippen LogP contribution in [0.5, 0.6) is 0 Å². The first kappa shape index (κ1) is 10.5. The van der Waals surface area contributed by atoms with Crippen LogP contribution in [0.2, 0.25) is 5.02 Å². The lowest BCUT2D eigenvalue weighted by Crippen LogP contribution is -1.85. The van der Waals surface area contributed by atoms with E-state index < -0.39 is 0 Å². The molecule has 0 saturated carbocycles. The van der Waals surface area contributed by atoms with Crippen molar-refractivity contribution in [3.05, 3.63) is 47.4 Å². The van der Waals surface area contributed by atoms with E-state index in [9.17, 15) is 0 Å². The van der Waals surface area contributed by atoms with Gasteiger partial charge in [0.1, 0.15) is 11.4 Å². The van der Waals surface area contributed by atoms with E-state index in [0.29, 0.717) is 0 Å². The van der Waals surface area contributed by atoms with Gasteiger partial charge in [-0.05, 0) is 37.3 Å². The second-order valence-corrected chi connectivity index (χ2v) is 4.58. The molecule has 0 bridgehead atoms. The smallest absolute Gasteiger partial charge is 0.116 e. The molecule has 2 aromatic rings. The van der Waals surface area contributed by atoms with Crippen molar-refractivity contribution in [3.8, 4) is 0 Å². The maximum atomic E-state index is 5.80. The first-order chi connectivity index (χ1) is 7.24. The molecular formula is C11H9ClN2S. The van der Waals surface area contributed by atoms with Crippen LogP contribution in [-0.4, -0.2) is 9.97 Å². The van der Waals surface area contributed by atoms with Gasteiger partial charge in [0.2, 0.25) is 0 Å². The summed E-state index contributed by atoms with van der Waals surface area (Å²) in [4.78, 5) is 9.35. The van der Waals surface area contributed by atoms with E-state index in [1.165, 1.54) is 0 Å². The molecule has 0 unspecified atom stereocenters. The molecule has 0 atom stereocenters. The van der Waals surface area contributed by atoms with Gasteiger partial charge in [0, 0.05) is 15.6 Å². The Labute approximate surface area is 97.7 Å². The van der Waals surface area contributed by atoms with Crippen LogP contribution in [0.15, 0.2) is 46.6 Å². The molecule has 0 aliphatic carbocycles. The van der Waals surface area contributed by atoms with Crippen LogP contribution in [0.3, 0.4) is 0 Å². The predicted molar refractivity (Wildman–Crippen MR) is 62.3 cm³/mol. The SMILES string of the molecule is Cc1cc(Sc2ccc(Cl)cc2)ncn1. The largest absolute Gasteiger partial charge is 0.242 e. The summed E-state index contributed by atoms with van der Waals surface area (Å²) in [5.41, 5.74) is 0.974. The van der Waals surface area contributed by atoms with Crippen LogP contribution >= 0.6 is 23.4 Å². The Kier molecular flexibility index (Phi) is 3.23. The van der Waals surface area contributed by atoms with Crippen LogP contribution < -0.4 is 0 Å². The minimum atomic E-state index is 0.748. The van der Waals surface area contributed by atoms with Crippen LogP contribution in [0.4, 0.5) is 0 Å². The maximum absolute atomic E-state index is 5.80. The Morgan fingerprint density at radius 3 is 2.53 bits per heavy atom. The fourth-order valence-electron chi connectivity index (χ4n) is 1.11. The van der Waals surface area contributed by atoms with Crippen molar-refractivity contribution >= 4 is 23.4 Å². The number of halogens is 1. The summed E-state index contributed by atoms with van der Waals surface area (Å²) in [5.74, 6) is 0. The van der Waals surface area contributed by atoms with Gasteiger partial charge in [0.05, 0.1) is 0 Å². The fraction of sp³-hybridized carbons (Fsp3) is 0.0909. The van der Waals surface area contributed by atoms with Crippen molar-refractivity contribution in [2.24, 2.45) is 0 Å². The molecule has 0 fully saturated rings. The maximum Gasteiger partial charge on any atom is 0.116 e. The van der Waals surface area contributed by atoms with E-state index in [4.69, 9.17) is 11.6 Å². The van der Waals surface area contributed by atoms with Crippen molar-refractivity contribution in [3.63, 3.8) is 0 Å². The highest BCUT2D eigenvalue weighted by atomic mass is 35.5. The third-order valence-corrected chi connectivity index (χ3v) is 3.01. The van der Waals surface area contributed by atoms with Gasteiger partial charge in [-0.2, -0.15) is 0 Å². The summed E-state index contributed by atoms with van der Waals surface area (Å²) in [6.45, 7) is 1.95. The summed E-state index contributed by atoms with van der Waals surface area (Å²) in [5, 5.41) is 1.70. The van der Waals surface area contributed by atoms with E-state index >= 15 is 0 Å². The second kappa shape index (κ2) is 4.64. The van der Waals surface area contributed by atoms with E-state index in [0.717, 1.165) is 20.6 Å². The standard InChI is InChI=1S/C11H9ClN2S/c1-8-6-11(14-7-13-8)15-10-4-2-9(12)3-5-10/h2-7H,1H3. The molecule has 2 rings (SSSR count). The molecular weight excluding hydrogens is 228 g/mol. The molecule has 0 radical (unpaired) electrons. The molecule has 2 nitrogen and oxygen atoms in total. The third-order valence-electron chi connectivity index (χ3n) is 1.81. The zero-order chi connectivity index (χ0) is 10.7. The fourth-order valence-corrected chi connectivity index (χ4v) is 2.08. The molecule has 0 saturated heterocycles. The van der Waals surface area contributed by atoms with Gasteiger partial charge in [-0.25, -0.2) is 9.97 Å². The highest BCUT2D eigenvalue weighted by Gasteiger charge is 1.99. The second-order valence-electron chi connectivity index (χ2n) is 3.05. The van der Waals surface area contributed by atoms with E-state index in [1.807, 2.05) is 37.3 Å². The van der Waals surface area contributed by atoms with Crippen molar-refractivity contribution < 1.29 is 0 Å². The zero-order valence-electron chi connectivity index (χ0n) is 8.14. The first-order valence-corrected chi connectivity index (χ1v) is 5.65. The summed E-state index contributed by atoms with van der Waals surface area (Å²) < 4.78 is 0. The Morgan fingerprint density at radius 2 is 1.87 bits per heavy atom. The van der Waals surface area contributed by atoms with Gasteiger partial charge < -0.3 is 0 Å². The zero-order valence-corrected chi connectivity index (χ0v) is 9.72. The van der Waals surface area contributed by atoms with E-state index in [1.54, 1.807) is 18.1 Å². The highest BCUT2D eigenvalue weighted by Crippen LogP contribution is 2.26. The van der Waals surface area contributed by atoms with Crippen molar-refractivity contribution in [1.29, 1.82) is 0 Å². The number of rotatable bonds is 2. The molecule has 0 amide bonds. The Balaban J connectivity index is 2.18. The average molecular weight is 237 g/mol. The van der Waals surface area contributed by atoms with Crippen molar-refractivity contribution in [1.82, 2.24) is 9.97 Å². The van der Waals surface area contributed by atoms with Crippen LogP contribution in [0.1, 0.15) is 5.69 Å². The van der Waals surface area contributed by atoms with Gasteiger partial charge in [-0.15, -0.1) is 0 Å². The van der Waals surface area contributed by atoms with Gasteiger partial charge in [-0.3, -0.25) is 0 Å². The van der Waals surface area contributed by atoms with Gasteiger partial charge in [0.25, 0.3) is 0 Å². The van der Waals surface area contributed by atoms with Gasteiger partial charge in [0.15, 0.2) is 0 Å². The summed E-state index contributed by atoms with van der Waals surface area (Å²) in [6.07, 6.45) is 1.58. The summed E-state index contributed by atoms with van der Waals surface area (Å²) >= 11 is 7.41. The number of hydrogen-bond donors (Lipinski definition) is 0. The average Bonchev–Trinajstić information content (AvgIpc) is 2.22. The predicted octanol–water partition coefficient (Wildman–Crippen LogP) is 3.59. The molecule has 1 aromatic carbocycles. The number of aryl methyl sites for hydroxylation is 1. The summed E-state index contributed by atoms with van der Waals surface area (Å²) in [7, 11) is 0. The van der Waals surface area contributed by atoms with Crippen LogP contribution in [0.25, 0.3) is 0 Å². The molecule has 0 aliphatic heterocycles. The van der Waals surface area contributed by atoms with Crippen molar-refractivity contribution in [2.75, 3.05) is 0 Å². The third kappa shape index (κ3) is 2.94. The Hall–Kier alpha value is -1.06. The molecule has 76 valence electrons. The van der Waals surface area contributed by atoms with Crippen molar-refractivity contribution in [2.45, 2.75) is 16.8 Å². The molecule has 0 N–H and O–H groups in total. The molecule has 1 heterocycles. The molecule has 4 heteroatoms. The minimum Gasteiger partial charge on any atom is -0.242 e. The van der Waals surface area contributed by atoms with E-state index in [2.05, 4.69) is 9.97 Å². The normalized spacial score (nSPS) is 10.3. The lowest BCUT2D eigenvalue weighted by atomic mass is 10.4. The molecule has 1 aromatic heterocycles. The molecule has 15 heavy (non-hydrogen) atoms. The quantitative estimate of drug-likeness (QED) is 0.746. The Bertz CT molecular complexity index is 456. The van der Waals surface area contributed by atoms with Gasteiger partial charge >= 0.3 is 0 Å². The minimum absolute atomic E-state index is 0.748. The molecule has 0 spiro atoms. The highest BCUT2D eigenvalue weighted by molar-refractivity contribution is 7.99. The van der Waals surface area contributed by atoms with Gasteiger partial charge in [-0.1, -0.05) is 23.4 Å². The Morgan fingerprint density at radius 1 is 1.13 bits per heavy atom. The number of nitrogens with zero attached hydrogens (tertiary/aromatic N) is 2. The lowest BCUT2D eigenvalue weighted by molar-refractivity contribution is 1.01. The molecule has 0 aliphatic rings. The number of hydrogen-bond acceptors (Lipinski definition) is 3. The lowest BCUT2D eigenvalue weighted by Gasteiger charge is -2.00. The monoisotopic (exact) mass is 236 g/mol. The number of benzene rings is 1. The number of aromatic nitrogens is 2. The summed E-state index contributed by atoms with van der Waals surface area (Å²) in [6, 6.07) is 9.66.